The molecule has 1 aliphatic heterocycles. The highest BCUT2D eigenvalue weighted by Crippen LogP contribution is 2.21. The van der Waals surface area contributed by atoms with Gasteiger partial charge in [-0.1, -0.05) is 42.1 Å². The second kappa shape index (κ2) is 6.16. The normalized spacial score (nSPS) is 18.8. The number of thioether (sulfide) groups is 1. The topological polar surface area (TPSA) is 52.8 Å². The molecule has 2 aromatic rings. The van der Waals surface area contributed by atoms with Crippen LogP contribution in [0.25, 0.3) is 0 Å². The fraction of sp³-hybridized carbons (Fsp3) is 0.462. The van der Waals surface area contributed by atoms with Crippen LogP contribution in [0.15, 0.2) is 35.5 Å². The van der Waals surface area contributed by atoms with Gasteiger partial charge in [0.05, 0.1) is 12.6 Å². The van der Waals surface area contributed by atoms with Crippen molar-refractivity contribution in [2.45, 2.75) is 36.4 Å². The van der Waals surface area contributed by atoms with Gasteiger partial charge in [-0.05, 0) is 28.8 Å². The number of nitrogens with zero attached hydrogens (tertiary/aromatic N) is 4. The van der Waals surface area contributed by atoms with E-state index in [1.54, 1.807) is 11.8 Å². The predicted molar refractivity (Wildman–Crippen MR) is 72.8 cm³/mol. The van der Waals surface area contributed by atoms with E-state index in [2.05, 4.69) is 27.7 Å². The molecule has 1 unspecified atom stereocenters. The van der Waals surface area contributed by atoms with Gasteiger partial charge in [-0.2, -0.15) is 0 Å². The number of aromatic nitrogens is 4. The van der Waals surface area contributed by atoms with Crippen molar-refractivity contribution in [2.24, 2.45) is 0 Å². The van der Waals surface area contributed by atoms with Crippen molar-refractivity contribution in [3.63, 3.8) is 0 Å². The fourth-order valence-corrected chi connectivity index (χ4v) is 2.96. The molecule has 0 spiro atoms. The Kier molecular flexibility index (Phi) is 4.10. The van der Waals surface area contributed by atoms with Crippen molar-refractivity contribution < 1.29 is 4.74 Å². The average Bonchev–Trinajstić information content (AvgIpc) is 3.10. The third-order valence-electron chi connectivity index (χ3n) is 3.11. The number of tetrazole rings is 1. The van der Waals surface area contributed by atoms with Crippen LogP contribution in [0.1, 0.15) is 18.4 Å². The Bertz CT molecular complexity index is 510. The van der Waals surface area contributed by atoms with Gasteiger partial charge >= 0.3 is 0 Å². The van der Waals surface area contributed by atoms with Crippen LogP contribution in [-0.4, -0.2) is 32.9 Å². The summed E-state index contributed by atoms with van der Waals surface area (Å²) in [6.07, 6.45) is 2.50. The molecule has 0 N–H and O–H groups in total. The summed E-state index contributed by atoms with van der Waals surface area (Å²) in [5, 5.41) is 12.8. The zero-order valence-electron chi connectivity index (χ0n) is 10.6. The molecule has 0 amide bonds. The van der Waals surface area contributed by atoms with Gasteiger partial charge in [0, 0.05) is 12.4 Å². The number of hydrogen-bond donors (Lipinski definition) is 0. The largest absolute Gasteiger partial charge is 0.376 e. The molecule has 0 radical (unpaired) electrons. The van der Waals surface area contributed by atoms with Gasteiger partial charge in [0.1, 0.15) is 0 Å². The fourth-order valence-electron chi connectivity index (χ4n) is 2.12. The highest BCUT2D eigenvalue weighted by atomic mass is 32.2. The Morgan fingerprint density at radius 3 is 3.00 bits per heavy atom. The maximum absolute atomic E-state index is 5.62. The Labute approximate surface area is 116 Å². The minimum absolute atomic E-state index is 0.263. The van der Waals surface area contributed by atoms with Crippen LogP contribution < -0.4 is 0 Å². The lowest BCUT2D eigenvalue weighted by Gasteiger charge is -2.09. The minimum atomic E-state index is 0.263. The molecule has 5 nitrogen and oxygen atoms in total. The number of ether oxygens (including phenoxy) is 1. The summed E-state index contributed by atoms with van der Waals surface area (Å²) in [4.78, 5) is 0. The Morgan fingerprint density at radius 2 is 2.21 bits per heavy atom. The Balaban J connectivity index is 1.60. The van der Waals surface area contributed by atoms with Crippen molar-refractivity contribution in [3.8, 4) is 0 Å². The molecule has 1 aromatic carbocycles. The molecule has 0 bridgehead atoms. The van der Waals surface area contributed by atoms with Crippen LogP contribution in [0.4, 0.5) is 0 Å². The van der Waals surface area contributed by atoms with E-state index < -0.39 is 0 Å². The minimum Gasteiger partial charge on any atom is -0.376 e. The highest BCUT2D eigenvalue weighted by molar-refractivity contribution is 7.98. The van der Waals surface area contributed by atoms with E-state index in [1.165, 1.54) is 5.56 Å². The lowest BCUT2D eigenvalue weighted by Crippen LogP contribution is -2.16. The third kappa shape index (κ3) is 3.33. The van der Waals surface area contributed by atoms with E-state index in [4.69, 9.17) is 4.74 Å². The molecule has 1 atom stereocenters. The maximum Gasteiger partial charge on any atom is 0.209 e. The van der Waals surface area contributed by atoms with Gasteiger partial charge in [-0.3, -0.25) is 0 Å². The number of benzene rings is 1. The summed E-state index contributed by atoms with van der Waals surface area (Å²) in [7, 11) is 0. The van der Waals surface area contributed by atoms with Gasteiger partial charge in [0.25, 0.3) is 0 Å². The monoisotopic (exact) mass is 276 g/mol. The summed E-state index contributed by atoms with van der Waals surface area (Å²) >= 11 is 1.66. The van der Waals surface area contributed by atoms with Crippen LogP contribution in [0, 0.1) is 0 Å². The SMILES string of the molecule is c1ccc(CSc2nnnn2CC2CCCO2)cc1. The summed E-state index contributed by atoms with van der Waals surface area (Å²) in [6, 6.07) is 10.3. The second-order valence-corrected chi connectivity index (χ2v) is 5.50. The summed E-state index contributed by atoms with van der Waals surface area (Å²) in [6.45, 7) is 1.61. The molecule has 2 heterocycles. The molecular weight excluding hydrogens is 260 g/mol. The molecule has 3 rings (SSSR count). The van der Waals surface area contributed by atoms with E-state index in [-0.39, 0.29) is 6.10 Å². The maximum atomic E-state index is 5.62. The van der Waals surface area contributed by atoms with Crippen LogP contribution >= 0.6 is 11.8 Å². The van der Waals surface area contributed by atoms with Gasteiger partial charge in [-0.15, -0.1) is 5.10 Å². The van der Waals surface area contributed by atoms with Crippen LogP contribution in [0.5, 0.6) is 0 Å². The first-order chi connectivity index (χ1) is 9.42. The van der Waals surface area contributed by atoms with Crippen molar-refractivity contribution >= 4 is 11.8 Å². The molecule has 1 aliphatic rings. The van der Waals surface area contributed by atoms with Gasteiger partial charge < -0.3 is 4.74 Å². The first kappa shape index (κ1) is 12.6. The molecule has 0 aliphatic carbocycles. The van der Waals surface area contributed by atoms with Crippen molar-refractivity contribution in [1.82, 2.24) is 20.2 Å². The van der Waals surface area contributed by atoms with Gasteiger partial charge in [0.2, 0.25) is 5.16 Å². The summed E-state index contributed by atoms with van der Waals surface area (Å²) in [5.74, 6) is 0.882. The Morgan fingerprint density at radius 1 is 1.32 bits per heavy atom. The average molecular weight is 276 g/mol. The Hall–Kier alpha value is -1.40. The molecule has 6 heteroatoms. The van der Waals surface area contributed by atoms with Crippen LogP contribution in [0.2, 0.25) is 0 Å². The molecular formula is C13H16N4OS. The van der Waals surface area contributed by atoms with Gasteiger partial charge in [-0.25, -0.2) is 4.68 Å². The first-order valence-electron chi connectivity index (χ1n) is 6.46. The smallest absolute Gasteiger partial charge is 0.209 e. The van der Waals surface area contributed by atoms with E-state index in [0.29, 0.717) is 0 Å². The van der Waals surface area contributed by atoms with Crippen LogP contribution in [0.3, 0.4) is 0 Å². The van der Waals surface area contributed by atoms with E-state index >= 15 is 0 Å². The van der Waals surface area contributed by atoms with Crippen molar-refractivity contribution in [2.75, 3.05) is 6.61 Å². The second-order valence-electron chi connectivity index (χ2n) is 4.55. The van der Waals surface area contributed by atoms with E-state index in [9.17, 15) is 0 Å². The summed E-state index contributed by atoms with van der Waals surface area (Å²) in [5.41, 5.74) is 1.28. The highest BCUT2D eigenvalue weighted by Gasteiger charge is 2.18. The quantitative estimate of drug-likeness (QED) is 0.783. The van der Waals surface area contributed by atoms with Gasteiger partial charge in [0.15, 0.2) is 0 Å². The van der Waals surface area contributed by atoms with Crippen molar-refractivity contribution in [3.05, 3.63) is 35.9 Å². The number of hydrogen-bond acceptors (Lipinski definition) is 5. The van der Waals surface area contributed by atoms with Crippen LogP contribution in [-0.2, 0) is 17.0 Å². The molecule has 19 heavy (non-hydrogen) atoms. The first-order valence-corrected chi connectivity index (χ1v) is 7.45. The zero-order chi connectivity index (χ0) is 12.9. The van der Waals surface area contributed by atoms with Crippen molar-refractivity contribution in [1.29, 1.82) is 0 Å². The number of rotatable bonds is 5. The molecule has 100 valence electrons. The van der Waals surface area contributed by atoms with E-state index in [1.807, 2.05) is 22.9 Å². The third-order valence-corrected chi connectivity index (χ3v) is 4.14. The molecule has 1 fully saturated rings. The zero-order valence-corrected chi connectivity index (χ0v) is 11.4. The van der Waals surface area contributed by atoms with E-state index in [0.717, 1.165) is 36.9 Å². The summed E-state index contributed by atoms with van der Waals surface area (Å²) < 4.78 is 7.47. The molecule has 0 saturated carbocycles. The standard InChI is InChI=1S/C13H16N4OS/c1-2-5-11(6-3-1)10-19-13-14-15-16-17(13)9-12-7-4-8-18-12/h1-3,5-6,12H,4,7-10H2. The predicted octanol–water partition coefficient (Wildman–Crippen LogP) is 2.14. The lowest BCUT2D eigenvalue weighted by atomic mass is 10.2. The molecule has 1 saturated heterocycles. The lowest BCUT2D eigenvalue weighted by molar-refractivity contribution is 0.0912. The molecule has 1 aromatic heterocycles.